The summed E-state index contributed by atoms with van der Waals surface area (Å²) in [6.45, 7) is 6.39. The number of carbonyl (C=O) groups is 2. The third kappa shape index (κ3) is 4.26. The summed E-state index contributed by atoms with van der Waals surface area (Å²) in [6, 6.07) is 12.5. The summed E-state index contributed by atoms with van der Waals surface area (Å²) in [4.78, 5) is 30.2. The van der Waals surface area contributed by atoms with Crippen molar-refractivity contribution in [1.29, 1.82) is 0 Å². The molecule has 1 unspecified atom stereocenters. The van der Waals surface area contributed by atoms with Gasteiger partial charge in [0.05, 0.1) is 0 Å². The Kier molecular flexibility index (Phi) is 5.86. The predicted octanol–water partition coefficient (Wildman–Crippen LogP) is 4.54. The Morgan fingerprint density at radius 1 is 1.11 bits per heavy atom. The van der Waals surface area contributed by atoms with Crippen LogP contribution in [0.5, 0.6) is 11.5 Å². The summed E-state index contributed by atoms with van der Waals surface area (Å²) >= 11 is 0. The van der Waals surface area contributed by atoms with Gasteiger partial charge < -0.3 is 25.8 Å². The first-order valence-corrected chi connectivity index (χ1v) is 12.2. The number of H-pyrrole nitrogens is 1. The number of hydrogen-bond acceptors (Lipinski definition) is 5. The van der Waals surface area contributed by atoms with Gasteiger partial charge in [-0.15, -0.1) is 0 Å². The number of fused-ring (bicyclic) bond motifs is 1. The molecule has 0 radical (unpaired) electrons. The van der Waals surface area contributed by atoms with Crippen molar-refractivity contribution in [1.82, 2.24) is 15.6 Å². The molecule has 5 rings (SSSR count). The lowest BCUT2D eigenvalue weighted by molar-refractivity contribution is -0.118. The highest BCUT2D eigenvalue weighted by atomic mass is 16.3. The van der Waals surface area contributed by atoms with Gasteiger partial charge in [-0.25, -0.2) is 0 Å². The highest BCUT2D eigenvalue weighted by molar-refractivity contribution is 6.05. The molecule has 1 aromatic heterocycles. The van der Waals surface area contributed by atoms with Crippen LogP contribution in [-0.4, -0.2) is 33.4 Å². The van der Waals surface area contributed by atoms with E-state index in [2.05, 4.69) is 35.5 Å². The molecule has 2 heterocycles. The van der Waals surface area contributed by atoms with E-state index in [0.29, 0.717) is 48.2 Å². The molecule has 1 aliphatic carbocycles. The molecule has 3 aromatic rings. The summed E-state index contributed by atoms with van der Waals surface area (Å²) in [7, 11) is 0. The quantitative estimate of drug-likeness (QED) is 0.341. The zero-order valence-corrected chi connectivity index (χ0v) is 20.7. The van der Waals surface area contributed by atoms with Gasteiger partial charge in [-0.05, 0) is 54.5 Å². The predicted molar refractivity (Wildman–Crippen MR) is 138 cm³/mol. The van der Waals surface area contributed by atoms with Crippen molar-refractivity contribution in [2.75, 3.05) is 6.54 Å². The largest absolute Gasteiger partial charge is 0.504 e. The number of dihydropyridines is 1. The molecule has 5 N–H and O–H groups in total. The fourth-order valence-electron chi connectivity index (χ4n) is 5.53. The molecular weight excluding hydrogens is 454 g/mol. The molecule has 0 saturated heterocycles. The molecule has 7 heteroatoms. The lowest BCUT2D eigenvalue weighted by Gasteiger charge is -2.39. The van der Waals surface area contributed by atoms with Crippen LogP contribution in [0.3, 0.4) is 0 Å². The van der Waals surface area contributed by atoms with E-state index in [4.69, 9.17) is 0 Å². The molecule has 0 saturated carbocycles. The van der Waals surface area contributed by atoms with Gasteiger partial charge in [-0.2, -0.15) is 0 Å². The standard InChI is InChI=1S/C29H31N3O4/c1-16-25(28(36)30-11-10-18-15-31-20-7-5-4-6-19(18)20)26(17-8-9-22(33)23(34)12-17)27-21(32-16)13-29(2,3)14-24(27)35/h4-9,12,15,26,31-34H,10-11,13-14H2,1-3H3,(H,30,36). The number of phenolic OH excluding ortho intramolecular Hbond substituents is 2. The van der Waals surface area contributed by atoms with Gasteiger partial charge >= 0.3 is 0 Å². The number of Topliss-reactive ketones (excluding diaryl/α,β-unsaturated/α-hetero) is 1. The van der Waals surface area contributed by atoms with Crippen molar-refractivity contribution in [3.8, 4) is 11.5 Å². The number of nitrogens with one attached hydrogen (secondary N) is 3. The van der Waals surface area contributed by atoms with Gasteiger partial charge in [0.25, 0.3) is 0 Å². The van der Waals surface area contributed by atoms with Crippen LogP contribution in [0.15, 0.2) is 71.2 Å². The molecule has 1 atom stereocenters. The number of aromatic hydroxyl groups is 2. The maximum absolute atomic E-state index is 13.6. The lowest BCUT2D eigenvalue weighted by Crippen LogP contribution is -2.41. The van der Waals surface area contributed by atoms with Crippen LogP contribution in [-0.2, 0) is 16.0 Å². The molecule has 186 valence electrons. The Balaban J connectivity index is 1.46. The van der Waals surface area contributed by atoms with Gasteiger partial charge in [0.15, 0.2) is 17.3 Å². The van der Waals surface area contributed by atoms with Crippen molar-refractivity contribution >= 4 is 22.6 Å². The molecule has 2 aromatic carbocycles. The third-order valence-electron chi connectivity index (χ3n) is 7.17. The van der Waals surface area contributed by atoms with Crippen molar-refractivity contribution < 1.29 is 19.8 Å². The summed E-state index contributed by atoms with van der Waals surface area (Å²) in [6.07, 6.45) is 3.68. The number of allylic oxidation sites excluding steroid dienone is 3. The Hall–Kier alpha value is -4.00. The van der Waals surface area contributed by atoms with E-state index < -0.39 is 5.92 Å². The highest BCUT2D eigenvalue weighted by Crippen LogP contribution is 2.47. The van der Waals surface area contributed by atoms with E-state index in [-0.39, 0.29) is 28.6 Å². The van der Waals surface area contributed by atoms with Crippen LogP contribution in [0.4, 0.5) is 0 Å². The minimum absolute atomic E-state index is 0.0112. The zero-order valence-electron chi connectivity index (χ0n) is 20.7. The second kappa shape index (κ2) is 8.90. The molecule has 0 bridgehead atoms. The van der Waals surface area contributed by atoms with Crippen LogP contribution >= 0.6 is 0 Å². The number of hydrogen-bond donors (Lipinski definition) is 5. The van der Waals surface area contributed by atoms with E-state index in [1.54, 1.807) is 6.07 Å². The molecule has 7 nitrogen and oxygen atoms in total. The smallest absolute Gasteiger partial charge is 0.249 e. The normalized spacial score (nSPS) is 19.3. The van der Waals surface area contributed by atoms with Crippen molar-refractivity contribution in [3.05, 3.63) is 82.3 Å². The van der Waals surface area contributed by atoms with E-state index in [9.17, 15) is 19.8 Å². The van der Waals surface area contributed by atoms with Crippen LogP contribution in [0.1, 0.15) is 50.7 Å². The number of para-hydroxylation sites is 1. The van der Waals surface area contributed by atoms with Crippen LogP contribution < -0.4 is 10.6 Å². The van der Waals surface area contributed by atoms with Gasteiger partial charge in [-0.3, -0.25) is 9.59 Å². The fraction of sp³-hybridized carbons (Fsp3) is 0.310. The molecule has 0 spiro atoms. The van der Waals surface area contributed by atoms with Gasteiger partial charge in [0.2, 0.25) is 5.91 Å². The van der Waals surface area contributed by atoms with Gasteiger partial charge in [-0.1, -0.05) is 38.1 Å². The average molecular weight is 486 g/mol. The topological polar surface area (TPSA) is 114 Å². The Labute approximate surface area is 209 Å². The molecule has 1 amide bonds. The summed E-state index contributed by atoms with van der Waals surface area (Å²) in [5.74, 6) is -1.44. The number of aromatic nitrogens is 1. The third-order valence-corrected chi connectivity index (χ3v) is 7.17. The average Bonchev–Trinajstić information content (AvgIpc) is 3.22. The number of benzene rings is 2. The number of aromatic amines is 1. The Morgan fingerprint density at radius 3 is 2.67 bits per heavy atom. The minimum Gasteiger partial charge on any atom is -0.504 e. The Bertz CT molecular complexity index is 1440. The maximum Gasteiger partial charge on any atom is 0.249 e. The summed E-state index contributed by atoms with van der Waals surface area (Å²) in [5, 5.41) is 27.6. The monoisotopic (exact) mass is 485 g/mol. The molecule has 1 aliphatic heterocycles. The summed E-state index contributed by atoms with van der Waals surface area (Å²) < 4.78 is 0. The first kappa shape index (κ1) is 23.7. The van der Waals surface area contributed by atoms with Crippen molar-refractivity contribution in [2.45, 2.75) is 46.0 Å². The minimum atomic E-state index is -0.635. The van der Waals surface area contributed by atoms with Crippen molar-refractivity contribution in [2.24, 2.45) is 5.41 Å². The number of amides is 1. The van der Waals surface area contributed by atoms with Gasteiger partial charge in [0.1, 0.15) is 0 Å². The summed E-state index contributed by atoms with van der Waals surface area (Å²) in [5.41, 5.74) is 5.09. The molecule has 2 aliphatic rings. The number of rotatable bonds is 5. The number of phenols is 2. The first-order valence-electron chi connectivity index (χ1n) is 12.2. The second-order valence-electron chi connectivity index (χ2n) is 10.5. The highest BCUT2D eigenvalue weighted by Gasteiger charge is 2.42. The lowest BCUT2D eigenvalue weighted by atomic mass is 9.68. The van der Waals surface area contributed by atoms with Crippen molar-refractivity contribution in [3.63, 3.8) is 0 Å². The number of ketones is 1. The fourth-order valence-corrected chi connectivity index (χ4v) is 5.53. The SMILES string of the molecule is CC1=C(C(=O)NCCc2c[nH]c3ccccc23)C(c2ccc(O)c(O)c2)C2=C(CC(C)(C)CC2=O)N1. The molecule has 0 fully saturated rings. The van der Waals surface area contributed by atoms with Crippen LogP contribution in [0.25, 0.3) is 10.9 Å². The Morgan fingerprint density at radius 2 is 1.89 bits per heavy atom. The first-order chi connectivity index (χ1) is 17.1. The van der Waals surface area contributed by atoms with Crippen LogP contribution in [0, 0.1) is 5.41 Å². The van der Waals surface area contributed by atoms with Crippen LogP contribution in [0.2, 0.25) is 0 Å². The zero-order chi connectivity index (χ0) is 25.6. The second-order valence-corrected chi connectivity index (χ2v) is 10.5. The number of carbonyl (C=O) groups excluding carboxylic acids is 2. The molecular formula is C29H31N3O4. The molecule has 36 heavy (non-hydrogen) atoms. The van der Waals surface area contributed by atoms with E-state index in [1.165, 1.54) is 12.1 Å². The maximum atomic E-state index is 13.6. The van der Waals surface area contributed by atoms with E-state index in [1.807, 2.05) is 31.3 Å². The van der Waals surface area contributed by atoms with E-state index in [0.717, 1.165) is 22.2 Å². The van der Waals surface area contributed by atoms with Gasteiger partial charge in [0, 0.05) is 58.5 Å². The van der Waals surface area contributed by atoms with E-state index >= 15 is 0 Å².